The molecule has 1 aromatic heterocycles. The molecule has 0 radical (unpaired) electrons. The van der Waals surface area contributed by atoms with Crippen molar-refractivity contribution in [3.05, 3.63) is 198 Å². The van der Waals surface area contributed by atoms with Gasteiger partial charge in [-0.1, -0.05) is 158 Å². The van der Waals surface area contributed by atoms with E-state index >= 15 is 0 Å². The first-order valence-electron chi connectivity index (χ1n) is 16.3. The van der Waals surface area contributed by atoms with E-state index in [2.05, 4.69) is 146 Å². The Balaban J connectivity index is 1.32. The normalized spacial score (nSPS) is 14.9. The van der Waals surface area contributed by atoms with Crippen LogP contribution in [0.25, 0.3) is 44.7 Å². The van der Waals surface area contributed by atoms with Crippen molar-refractivity contribution < 1.29 is 0 Å². The van der Waals surface area contributed by atoms with E-state index in [0.29, 0.717) is 12.4 Å². The molecule has 4 heteroatoms. The van der Waals surface area contributed by atoms with E-state index in [0.717, 1.165) is 33.6 Å². The zero-order valence-electron chi connectivity index (χ0n) is 26.3. The summed E-state index contributed by atoms with van der Waals surface area (Å²) >= 11 is 0. The van der Waals surface area contributed by atoms with Gasteiger partial charge in [-0.05, 0) is 56.5 Å². The van der Waals surface area contributed by atoms with Gasteiger partial charge in [0.2, 0.25) is 0 Å². The summed E-state index contributed by atoms with van der Waals surface area (Å²) in [5.41, 5.74) is 17.5. The Bertz CT molecular complexity index is 2430. The van der Waals surface area contributed by atoms with Gasteiger partial charge in [0.1, 0.15) is 0 Å². The Labute approximate surface area is 279 Å². The van der Waals surface area contributed by atoms with E-state index in [1.54, 1.807) is 0 Å². The lowest BCUT2D eigenvalue weighted by atomic mass is 9.67. The highest BCUT2D eigenvalue weighted by molar-refractivity contribution is 6.08. The third-order valence-electron chi connectivity index (χ3n) is 9.72. The van der Waals surface area contributed by atoms with Gasteiger partial charge in [0.25, 0.3) is 0 Å². The highest BCUT2D eigenvalue weighted by atomic mass is 15.3. The van der Waals surface area contributed by atoms with Gasteiger partial charge in [-0.15, -0.1) is 0 Å². The molecule has 0 aliphatic heterocycles. The van der Waals surface area contributed by atoms with Crippen LogP contribution in [-0.2, 0) is 12.0 Å². The predicted octanol–water partition coefficient (Wildman–Crippen LogP) is 9.76. The molecule has 1 atom stereocenters. The molecule has 48 heavy (non-hydrogen) atoms. The van der Waals surface area contributed by atoms with Crippen molar-refractivity contribution >= 4 is 16.5 Å². The summed E-state index contributed by atoms with van der Waals surface area (Å²) < 4.78 is 2.04. The molecular formula is C44H32N4. The van der Waals surface area contributed by atoms with Crippen LogP contribution in [0, 0.1) is 0 Å². The average molecular weight is 617 g/mol. The highest BCUT2D eigenvalue weighted by Gasteiger charge is 2.47. The second-order valence-corrected chi connectivity index (χ2v) is 12.4. The minimum atomic E-state index is -0.603. The van der Waals surface area contributed by atoms with Crippen LogP contribution in [0.15, 0.2) is 170 Å². The molecular weight excluding hydrogens is 585 g/mol. The van der Waals surface area contributed by atoms with Crippen LogP contribution in [-0.4, -0.2) is 14.8 Å². The summed E-state index contributed by atoms with van der Waals surface area (Å²) in [5.74, 6) is 1.54. The molecule has 4 nitrogen and oxygen atoms in total. The van der Waals surface area contributed by atoms with Crippen LogP contribution in [0.4, 0.5) is 5.69 Å². The van der Waals surface area contributed by atoms with E-state index in [1.165, 1.54) is 38.8 Å². The predicted molar refractivity (Wildman–Crippen MR) is 196 cm³/mol. The fourth-order valence-corrected chi connectivity index (χ4v) is 7.66. The third-order valence-corrected chi connectivity index (χ3v) is 9.72. The average Bonchev–Trinajstić information content (AvgIpc) is 3.70. The maximum absolute atomic E-state index is 6.89. The minimum absolute atomic E-state index is 0.603. The van der Waals surface area contributed by atoms with Crippen LogP contribution >= 0.6 is 0 Å². The molecule has 1 aliphatic carbocycles. The fourth-order valence-electron chi connectivity index (χ4n) is 7.66. The van der Waals surface area contributed by atoms with Gasteiger partial charge < -0.3 is 5.73 Å². The smallest absolute Gasteiger partial charge is 0.181 e. The van der Waals surface area contributed by atoms with Gasteiger partial charge in [-0.3, -0.25) is 0 Å². The standard InChI is InChI=1S/C44H32N4/c45-40-28-39-41(36-24-11-10-23-35(36)40)37-25-12-13-26-38(37)44(39,33-20-8-3-9-21-33)34-22-14-19-32(27-34)43-46-42(31-17-6-2-7-18-31)47-48(43)29-30-15-4-1-5-16-30/h1-28H,29,45H2. The zero-order valence-corrected chi connectivity index (χ0v) is 26.3. The van der Waals surface area contributed by atoms with Crippen molar-refractivity contribution in [2.45, 2.75) is 12.0 Å². The monoisotopic (exact) mass is 616 g/mol. The number of anilines is 1. The largest absolute Gasteiger partial charge is 0.398 e. The number of nitrogens with zero attached hydrogens (tertiary/aromatic N) is 3. The molecule has 0 spiro atoms. The second-order valence-electron chi connectivity index (χ2n) is 12.4. The lowest BCUT2D eigenvalue weighted by Crippen LogP contribution is -2.28. The van der Waals surface area contributed by atoms with Gasteiger partial charge in [0.05, 0.1) is 12.0 Å². The minimum Gasteiger partial charge on any atom is -0.398 e. The summed E-state index contributed by atoms with van der Waals surface area (Å²) in [5, 5.41) is 7.31. The van der Waals surface area contributed by atoms with Crippen LogP contribution < -0.4 is 5.73 Å². The molecule has 0 saturated carbocycles. The summed E-state index contributed by atoms with van der Waals surface area (Å²) in [7, 11) is 0. The van der Waals surface area contributed by atoms with Crippen LogP contribution in [0.3, 0.4) is 0 Å². The Morgan fingerprint density at radius 3 is 1.96 bits per heavy atom. The quantitative estimate of drug-likeness (QED) is 0.189. The molecule has 8 aromatic rings. The molecule has 0 fully saturated rings. The molecule has 7 aromatic carbocycles. The molecule has 1 aliphatic rings. The second kappa shape index (κ2) is 11.2. The van der Waals surface area contributed by atoms with E-state index < -0.39 is 5.41 Å². The number of aromatic nitrogens is 3. The van der Waals surface area contributed by atoms with Crippen molar-refractivity contribution in [3.63, 3.8) is 0 Å². The van der Waals surface area contributed by atoms with E-state index in [1.807, 2.05) is 28.9 Å². The molecule has 1 unspecified atom stereocenters. The van der Waals surface area contributed by atoms with Crippen molar-refractivity contribution in [1.29, 1.82) is 0 Å². The lowest BCUT2D eigenvalue weighted by Gasteiger charge is -2.34. The maximum atomic E-state index is 6.89. The number of fused-ring (bicyclic) bond motifs is 5. The first-order chi connectivity index (χ1) is 23.7. The van der Waals surface area contributed by atoms with Crippen molar-refractivity contribution in [3.8, 4) is 33.9 Å². The van der Waals surface area contributed by atoms with Crippen LogP contribution in [0.2, 0.25) is 0 Å². The van der Waals surface area contributed by atoms with Gasteiger partial charge >= 0.3 is 0 Å². The number of benzene rings is 7. The molecule has 1 heterocycles. The van der Waals surface area contributed by atoms with E-state index in [4.69, 9.17) is 15.8 Å². The first-order valence-corrected chi connectivity index (χ1v) is 16.3. The SMILES string of the molecule is Nc1cc2c(c3ccccc13)-c1ccccc1C2(c1ccccc1)c1cccc(-c2nc(-c3ccccc3)nn2Cc2ccccc2)c1. The zero-order chi connectivity index (χ0) is 32.1. The topological polar surface area (TPSA) is 56.7 Å². The molecule has 0 saturated heterocycles. The van der Waals surface area contributed by atoms with Crippen LogP contribution in [0.5, 0.6) is 0 Å². The van der Waals surface area contributed by atoms with Gasteiger partial charge in [-0.2, -0.15) is 5.10 Å². The molecule has 2 N–H and O–H groups in total. The third kappa shape index (κ3) is 4.30. The van der Waals surface area contributed by atoms with E-state index in [9.17, 15) is 0 Å². The first kappa shape index (κ1) is 28.0. The molecule has 0 bridgehead atoms. The number of rotatable bonds is 6. The Morgan fingerprint density at radius 2 is 1.17 bits per heavy atom. The summed E-state index contributed by atoms with van der Waals surface area (Å²) in [6.45, 7) is 0.609. The number of hydrogen-bond acceptors (Lipinski definition) is 3. The Morgan fingerprint density at radius 1 is 0.542 bits per heavy atom. The molecule has 0 amide bonds. The lowest BCUT2D eigenvalue weighted by molar-refractivity contribution is 0.694. The Kier molecular flexibility index (Phi) is 6.54. The molecule has 9 rings (SSSR count). The number of nitrogen functional groups attached to an aromatic ring is 1. The van der Waals surface area contributed by atoms with E-state index in [-0.39, 0.29) is 0 Å². The highest BCUT2D eigenvalue weighted by Crippen LogP contribution is 2.58. The summed E-state index contributed by atoms with van der Waals surface area (Å²) in [4.78, 5) is 5.19. The summed E-state index contributed by atoms with van der Waals surface area (Å²) in [6, 6.07) is 59.9. The van der Waals surface area contributed by atoms with Gasteiger partial charge in [0.15, 0.2) is 11.6 Å². The molecule has 228 valence electrons. The number of nitrogens with two attached hydrogens (primary N) is 1. The Hall–Kier alpha value is -6.26. The maximum Gasteiger partial charge on any atom is 0.181 e. The summed E-state index contributed by atoms with van der Waals surface area (Å²) in [6.07, 6.45) is 0. The van der Waals surface area contributed by atoms with Crippen molar-refractivity contribution in [1.82, 2.24) is 14.8 Å². The van der Waals surface area contributed by atoms with Gasteiger partial charge in [-0.25, -0.2) is 9.67 Å². The van der Waals surface area contributed by atoms with Gasteiger partial charge in [0, 0.05) is 22.2 Å². The fraction of sp³-hybridized carbons (Fsp3) is 0.0455. The van der Waals surface area contributed by atoms with Crippen LogP contribution in [0.1, 0.15) is 27.8 Å². The number of hydrogen-bond donors (Lipinski definition) is 1. The van der Waals surface area contributed by atoms with Crippen molar-refractivity contribution in [2.75, 3.05) is 5.73 Å². The van der Waals surface area contributed by atoms with Crippen molar-refractivity contribution in [2.24, 2.45) is 0 Å².